The van der Waals surface area contributed by atoms with E-state index in [1.54, 1.807) is 19.3 Å². The molecule has 0 radical (unpaired) electrons. The Labute approximate surface area is 112 Å². The molecule has 6 heteroatoms. The first-order chi connectivity index (χ1) is 8.36. The van der Waals surface area contributed by atoms with E-state index in [1.807, 2.05) is 19.9 Å². The number of rotatable bonds is 5. The molecule has 4 N–H and O–H groups in total. The number of hydrogen-bond donors (Lipinski definition) is 3. The van der Waals surface area contributed by atoms with Crippen molar-refractivity contribution in [2.75, 3.05) is 18.9 Å². The lowest BCUT2D eigenvalue weighted by atomic mass is 9.92. The second kappa shape index (κ2) is 5.77. The van der Waals surface area contributed by atoms with Gasteiger partial charge < -0.3 is 16.4 Å². The maximum atomic E-state index is 11.6. The molecule has 98 valence electrons. The number of pyridine rings is 1. The zero-order valence-electron chi connectivity index (χ0n) is 10.8. The summed E-state index contributed by atoms with van der Waals surface area (Å²) >= 11 is 4.82. The van der Waals surface area contributed by atoms with E-state index >= 15 is 0 Å². The lowest BCUT2D eigenvalue weighted by molar-refractivity contribution is -0.128. The molecule has 1 heterocycles. The number of nitrogens with one attached hydrogen (secondary N) is 2. The average Bonchev–Trinajstić information content (AvgIpc) is 2.35. The summed E-state index contributed by atoms with van der Waals surface area (Å²) in [5, 5.41) is 5.80. The molecule has 18 heavy (non-hydrogen) atoms. The fourth-order valence-electron chi connectivity index (χ4n) is 1.39. The Morgan fingerprint density at radius 1 is 1.50 bits per heavy atom. The van der Waals surface area contributed by atoms with Gasteiger partial charge >= 0.3 is 0 Å². The third-order valence-corrected chi connectivity index (χ3v) is 2.80. The van der Waals surface area contributed by atoms with Gasteiger partial charge in [-0.3, -0.25) is 9.78 Å². The number of aromatic nitrogens is 1. The van der Waals surface area contributed by atoms with Gasteiger partial charge in [-0.1, -0.05) is 12.2 Å². The van der Waals surface area contributed by atoms with Gasteiger partial charge in [-0.25, -0.2) is 0 Å². The first kappa shape index (κ1) is 14.4. The monoisotopic (exact) mass is 266 g/mol. The molecule has 0 saturated carbocycles. The van der Waals surface area contributed by atoms with E-state index < -0.39 is 5.41 Å². The molecule has 0 atom stereocenters. The highest BCUT2D eigenvalue weighted by Crippen LogP contribution is 2.16. The molecule has 5 nitrogen and oxygen atoms in total. The molecule has 0 aliphatic carbocycles. The molecule has 0 aromatic carbocycles. The van der Waals surface area contributed by atoms with Crippen molar-refractivity contribution in [1.82, 2.24) is 10.3 Å². The van der Waals surface area contributed by atoms with Gasteiger partial charge in [-0.2, -0.15) is 0 Å². The molecule has 1 aromatic rings. The smallest absolute Gasteiger partial charge is 0.227 e. The molecule has 0 aliphatic rings. The number of thiocarbonyl (C=S) groups is 1. The van der Waals surface area contributed by atoms with Gasteiger partial charge in [0.1, 0.15) is 4.99 Å². The van der Waals surface area contributed by atoms with Crippen molar-refractivity contribution in [3.8, 4) is 0 Å². The molecule has 0 fully saturated rings. The van der Waals surface area contributed by atoms with Crippen molar-refractivity contribution in [2.45, 2.75) is 13.8 Å². The quantitative estimate of drug-likeness (QED) is 0.690. The molecule has 0 bridgehead atoms. The van der Waals surface area contributed by atoms with Crippen LogP contribution in [0.1, 0.15) is 19.5 Å². The van der Waals surface area contributed by atoms with E-state index in [2.05, 4.69) is 15.6 Å². The Kier molecular flexibility index (Phi) is 4.61. The molecule has 0 spiro atoms. The second-order valence-electron chi connectivity index (χ2n) is 4.61. The maximum absolute atomic E-state index is 11.6. The summed E-state index contributed by atoms with van der Waals surface area (Å²) in [5.41, 5.74) is 6.38. The van der Waals surface area contributed by atoms with Crippen molar-refractivity contribution >= 4 is 28.8 Å². The summed E-state index contributed by atoms with van der Waals surface area (Å²) in [6.07, 6.45) is 1.65. The van der Waals surface area contributed by atoms with Gasteiger partial charge in [0.2, 0.25) is 5.91 Å². The third-order valence-electron chi connectivity index (χ3n) is 2.59. The highest BCUT2D eigenvalue weighted by atomic mass is 32.1. The molecular weight excluding hydrogens is 248 g/mol. The number of nitrogens with zero attached hydrogens (tertiary/aromatic N) is 1. The van der Waals surface area contributed by atoms with Gasteiger partial charge in [0.15, 0.2) is 0 Å². The number of anilines is 1. The summed E-state index contributed by atoms with van der Waals surface area (Å²) in [6, 6.07) is 3.58. The predicted octanol–water partition coefficient (Wildman–Crippen LogP) is 0.900. The van der Waals surface area contributed by atoms with Crippen LogP contribution >= 0.6 is 12.2 Å². The molecule has 1 rings (SSSR count). The lowest BCUT2D eigenvalue weighted by Crippen LogP contribution is -2.39. The molecule has 1 amide bonds. The van der Waals surface area contributed by atoms with Crippen LogP contribution in [0.4, 0.5) is 5.69 Å². The van der Waals surface area contributed by atoms with Crippen LogP contribution in [0.2, 0.25) is 0 Å². The number of hydrogen-bond acceptors (Lipinski definition) is 4. The Morgan fingerprint density at radius 3 is 2.61 bits per heavy atom. The normalized spacial score (nSPS) is 10.8. The average molecular weight is 266 g/mol. The van der Waals surface area contributed by atoms with E-state index in [4.69, 9.17) is 18.0 Å². The van der Waals surface area contributed by atoms with Crippen molar-refractivity contribution in [1.29, 1.82) is 0 Å². The van der Waals surface area contributed by atoms with E-state index in [0.717, 1.165) is 5.69 Å². The maximum Gasteiger partial charge on any atom is 0.227 e. The van der Waals surface area contributed by atoms with E-state index in [9.17, 15) is 4.79 Å². The van der Waals surface area contributed by atoms with Gasteiger partial charge in [0, 0.05) is 13.6 Å². The molecular formula is C12H18N4OS. The van der Waals surface area contributed by atoms with Crippen LogP contribution in [0.3, 0.4) is 0 Å². The summed E-state index contributed by atoms with van der Waals surface area (Å²) in [5.74, 6) is -0.0114. The number of amides is 1. The first-order valence-corrected chi connectivity index (χ1v) is 5.99. The van der Waals surface area contributed by atoms with Crippen molar-refractivity contribution in [3.63, 3.8) is 0 Å². The van der Waals surface area contributed by atoms with Crippen LogP contribution in [-0.4, -0.2) is 29.5 Å². The van der Waals surface area contributed by atoms with Crippen molar-refractivity contribution in [3.05, 3.63) is 24.0 Å². The number of nitrogens with two attached hydrogens (primary N) is 1. The lowest BCUT2D eigenvalue weighted by Gasteiger charge is -2.23. The van der Waals surface area contributed by atoms with Crippen LogP contribution in [0.5, 0.6) is 0 Å². The zero-order chi connectivity index (χ0) is 13.8. The molecule has 0 saturated heterocycles. The molecule has 0 aliphatic heterocycles. The zero-order valence-corrected chi connectivity index (χ0v) is 11.6. The highest BCUT2D eigenvalue weighted by molar-refractivity contribution is 7.80. The third kappa shape index (κ3) is 3.66. The topological polar surface area (TPSA) is 80.0 Å². The van der Waals surface area contributed by atoms with Crippen LogP contribution in [0, 0.1) is 5.41 Å². The largest absolute Gasteiger partial charge is 0.388 e. The van der Waals surface area contributed by atoms with Crippen LogP contribution < -0.4 is 16.4 Å². The van der Waals surface area contributed by atoms with Gasteiger partial charge in [0.25, 0.3) is 0 Å². The Hall–Kier alpha value is -1.69. The van der Waals surface area contributed by atoms with Gasteiger partial charge in [0.05, 0.1) is 23.0 Å². The number of carbonyl (C=O) groups excluding carboxylic acids is 1. The predicted molar refractivity (Wildman–Crippen MR) is 76.5 cm³/mol. The molecule has 0 unspecified atom stereocenters. The minimum atomic E-state index is -0.489. The Bertz CT molecular complexity index is 442. The molecule has 1 aromatic heterocycles. The van der Waals surface area contributed by atoms with Gasteiger partial charge in [-0.05, 0) is 26.0 Å². The number of carbonyl (C=O) groups is 1. The Morgan fingerprint density at radius 2 is 2.17 bits per heavy atom. The van der Waals surface area contributed by atoms with Crippen LogP contribution in [0.25, 0.3) is 0 Å². The van der Waals surface area contributed by atoms with Gasteiger partial charge in [-0.15, -0.1) is 0 Å². The fourth-order valence-corrected chi connectivity index (χ4v) is 1.51. The summed E-state index contributed by atoms with van der Waals surface area (Å²) in [4.78, 5) is 16.0. The second-order valence-corrected chi connectivity index (χ2v) is 5.05. The minimum absolute atomic E-state index is 0.0114. The standard InChI is InChI=1S/C12H18N4OS/c1-12(2,11(17)14-3)7-16-8-4-5-9(10(13)18)15-6-8/h4-6,16H,7H2,1-3H3,(H2,13,18)(H,14,17). The summed E-state index contributed by atoms with van der Waals surface area (Å²) in [6.45, 7) is 4.26. The van der Waals surface area contributed by atoms with Crippen LogP contribution in [-0.2, 0) is 4.79 Å². The summed E-state index contributed by atoms with van der Waals surface area (Å²) < 4.78 is 0. The highest BCUT2D eigenvalue weighted by Gasteiger charge is 2.26. The van der Waals surface area contributed by atoms with E-state index in [-0.39, 0.29) is 10.9 Å². The van der Waals surface area contributed by atoms with Crippen LogP contribution in [0.15, 0.2) is 18.3 Å². The van der Waals surface area contributed by atoms with Crippen molar-refractivity contribution < 1.29 is 4.79 Å². The van der Waals surface area contributed by atoms with E-state index in [0.29, 0.717) is 12.2 Å². The summed E-state index contributed by atoms with van der Waals surface area (Å²) in [7, 11) is 1.63. The van der Waals surface area contributed by atoms with E-state index in [1.165, 1.54) is 0 Å². The Balaban J connectivity index is 2.64. The van der Waals surface area contributed by atoms with Crippen molar-refractivity contribution in [2.24, 2.45) is 11.1 Å². The SMILES string of the molecule is CNC(=O)C(C)(C)CNc1ccc(C(N)=S)nc1. The first-order valence-electron chi connectivity index (χ1n) is 5.59. The minimum Gasteiger partial charge on any atom is -0.388 e. The fraction of sp³-hybridized carbons (Fsp3) is 0.417.